The topological polar surface area (TPSA) is 23.5 Å². The fourth-order valence-electron chi connectivity index (χ4n) is 1.41. The zero-order chi connectivity index (χ0) is 9.14. The summed E-state index contributed by atoms with van der Waals surface area (Å²) in [6, 6.07) is 0. The smallest absolute Gasteiger partial charge is 0.148 e. The van der Waals surface area contributed by atoms with Crippen molar-refractivity contribution in [2.45, 2.75) is 33.4 Å². The number of aliphatic hydroxyl groups excluding tert-OH is 1. The van der Waals surface area contributed by atoms with Gasteiger partial charge in [0.25, 0.3) is 0 Å². The van der Waals surface area contributed by atoms with Gasteiger partial charge in [0.2, 0.25) is 0 Å². The first-order chi connectivity index (χ1) is 5.69. The molecule has 12 heavy (non-hydrogen) atoms. The SMILES string of the molecule is CCC1=CN(CC)C(O)C(C)=C1. The molecule has 0 radical (unpaired) electrons. The minimum absolute atomic E-state index is 0.412. The fourth-order valence-corrected chi connectivity index (χ4v) is 1.41. The minimum Gasteiger partial charge on any atom is -0.370 e. The molecule has 0 aromatic heterocycles. The maximum absolute atomic E-state index is 9.66. The standard InChI is InChI=1S/C10H17NO/c1-4-9-6-8(3)10(12)11(5-2)7-9/h6-7,10,12H,4-5H2,1-3H3. The zero-order valence-electron chi connectivity index (χ0n) is 8.04. The summed E-state index contributed by atoms with van der Waals surface area (Å²) in [5, 5.41) is 9.66. The monoisotopic (exact) mass is 167 g/mol. The van der Waals surface area contributed by atoms with Gasteiger partial charge in [0.15, 0.2) is 0 Å². The Balaban J connectivity index is 2.82. The second kappa shape index (κ2) is 3.76. The number of likely N-dealkylation sites (N-methyl/N-ethyl adjacent to an activating group) is 1. The van der Waals surface area contributed by atoms with E-state index < -0.39 is 6.23 Å². The summed E-state index contributed by atoms with van der Waals surface area (Å²) in [6.45, 7) is 7.00. The summed E-state index contributed by atoms with van der Waals surface area (Å²) >= 11 is 0. The van der Waals surface area contributed by atoms with Gasteiger partial charge in [0, 0.05) is 12.7 Å². The van der Waals surface area contributed by atoms with E-state index in [-0.39, 0.29) is 0 Å². The van der Waals surface area contributed by atoms with Gasteiger partial charge in [-0.25, -0.2) is 0 Å². The van der Waals surface area contributed by atoms with Crippen LogP contribution in [0.5, 0.6) is 0 Å². The summed E-state index contributed by atoms with van der Waals surface area (Å²) in [4.78, 5) is 1.95. The molecule has 0 aromatic rings. The van der Waals surface area contributed by atoms with Crippen LogP contribution in [0, 0.1) is 0 Å². The highest BCUT2D eigenvalue weighted by molar-refractivity contribution is 5.28. The minimum atomic E-state index is -0.412. The highest BCUT2D eigenvalue weighted by atomic mass is 16.3. The van der Waals surface area contributed by atoms with Crippen LogP contribution >= 0.6 is 0 Å². The lowest BCUT2D eigenvalue weighted by atomic mass is 10.1. The van der Waals surface area contributed by atoms with E-state index in [4.69, 9.17) is 0 Å². The molecule has 0 fully saturated rings. The number of hydrogen-bond acceptors (Lipinski definition) is 2. The highest BCUT2D eigenvalue weighted by Gasteiger charge is 2.16. The second-order valence-corrected chi connectivity index (χ2v) is 3.15. The molecule has 2 heteroatoms. The fraction of sp³-hybridized carbons (Fsp3) is 0.600. The van der Waals surface area contributed by atoms with Crippen molar-refractivity contribution in [1.29, 1.82) is 0 Å². The predicted octanol–water partition coefficient (Wildman–Crippen LogP) is 1.88. The van der Waals surface area contributed by atoms with Gasteiger partial charge < -0.3 is 10.0 Å². The van der Waals surface area contributed by atoms with Crippen LogP contribution in [0.25, 0.3) is 0 Å². The third-order valence-corrected chi connectivity index (χ3v) is 2.24. The van der Waals surface area contributed by atoms with Crippen LogP contribution < -0.4 is 0 Å². The number of allylic oxidation sites excluding steroid dienone is 2. The number of nitrogens with zero attached hydrogens (tertiary/aromatic N) is 1. The van der Waals surface area contributed by atoms with Gasteiger partial charge in [-0.2, -0.15) is 0 Å². The van der Waals surface area contributed by atoms with E-state index in [1.807, 2.05) is 24.9 Å². The van der Waals surface area contributed by atoms with Crippen molar-refractivity contribution in [3.63, 3.8) is 0 Å². The Morgan fingerprint density at radius 2 is 2.17 bits per heavy atom. The van der Waals surface area contributed by atoms with Gasteiger partial charge in [-0.15, -0.1) is 0 Å². The van der Waals surface area contributed by atoms with E-state index in [0.717, 1.165) is 18.5 Å². The van der Waals surface area contributed by atoms with Gasteiger partial charge >= 0.3 is 0 Å². The Morgan fingerprint density at radius 1 is 1.50 bits per heavy atom. The molecule has 0 amide bonds. The summed E-state index contributed by atoms with van der Waals surface area (Å²) in [5.74, 6) is 0. The van der Waals surface area contributed by atoms with Crippen molar-refractivity contribution in [3.05, 3.63) is 23.4 Å². The molecule has 1 atom stereocenters. The van der Waals surface area contributed by atoms with Gasteiger partial charge in [0.05, 0.1) is 0 Å². The molecule has 0 aliphatic carbocycles. The maximum atomic E-state index is 9.66. The maximum Gasteiger partial charge on any atom is 0.148 e. The highest BCUT2D eigenvalue weighted by Crippen LogP contribution is 2.19. The normalized spacial score (nSPS) is 23.7. The Labute approximate surface area is 74.2 Å². The van der Waals surface area contributed by atoms with E-state index in [1.165, 1.54) is 5.57 Å². The summed E-state index contributed by atoms with van der Waals surface area (Å²) in [6.07, 6.45) is 4.72. The van der Waals surface area contributed by atoms with E-state index in [1.54, 1.807) is 0 Å². The molecule has 1 rings (SSSR count). The Hall–Kier alpha value is -0.760. The van der Waals surface area contributed by atoms with Gasteiger partial charge in [-0.1, -0.05) is 13.0 Å². The van der Waals surface area contributed by atoms with Crippen LogP contribution in [-0.4, -0.2) is 22.8 Å². The molecule has 0 saturated heterocycles. The number of rotatable bonds is 2. The van der Waals surface area contributed by atoms with E-state index in [9.17, 15) is 5.11 Å². The summed E-state index contributed by atoms with van der Waals surface area (Å²) < 4.78 is 0. The Kier molecular flexibility index (Phi) is 2.93. The van der Waals surface area contributed by atoms with Crippen molar-refractivity contribution in [3.8, 4) is 0 Å². The van der Waals surface area contributed by atoms with Gasteiger partial charge in [0.1, 0.15) is 6.23 Å². The van der Waals surface area contributed by atoms with Crippen molar-refractivity contribution >= 4 is 0 Å². The first-order valence-electron chi connectivity index (χ1n) is 4.51. The van der Waals surface area contributed by atoms with E-state index in [0.29, 0.717) is 0 Å². The molecule has 1 N–H and O–H groups in total. The first-order valence-corrected chi connectivity index (χ1v) is 4.51. The van der Waals surface area contributed by atoms with Crippen LogP contribution in [0.2, 0.25) is 0 Å². The van der Waals surface area contributed by atoms with Gasteiger partial charge in [-0.05, 0) is 31.4 Å². The molecule has 0 saturated carbocycles. The average molecular weight is 167 g/mol. The van der Waals surface area contributed by atoms with Crippen LogP contribution in [0.15, 0.2) is 23.4 Å². The third-order valence-electron chi connectivity index (χ3n) is 2.24. The molecule has 68 valence electrons. The number of aliphatic hydroxyl groups is 1. The Bertz CT molecular complexity index is 218. The molecule has 1 aliphatic rings. The second-order valence-electron chi connectivity index (χ2n) is 3.15. The Morgan fingerprint density at radius 3 is 2.67 bits per heavy atom. The van der Waals surface area contributed by atoms with E-state index in [2.05, 4.69) is 13.0 Å². The third kappa shape index (κ3) is 1.69. The lowest BCUT2D eigenvalue weighted by molar-refractivity contribution is 0.0699. The van der Waals surface area contributed by atoms with Crippen LogP contribution in [0.1, 0.15) is 27.2 Å². The van der Waals surface area contributed by atoms with Crippen molar-refractivity contribution in [1.82, 2.24) is 4.90 Å². The molecular formula is C10H17NO. The largest absolute Gasteiger partial charge is 0.370 e. The van der Waals surface area contributed by atoms with Gasteiger partial charge in [-0.3, -0.25) is 0 Å². The lowest BCUT2D eigenvalue weighted by Gasteiger charge is -2.30. The van der Waals surface area contributed by atoms with Crippen LogP contribution in [-0.2, 0) is 0 Å². The average Bonchev–Trinajstić information content (AvgIpc) is 2.09. The first kappa shape index (κ1) is 9.33. The summed E-state index contributed by atoms with van der Waals surface area (Å²) in [7, 11) is 0. The molecule has 1 unspecified atom stereocenters. The molecule has 2 nitrogen and oxygen atoms in total. The predicted molar refractivity (Wildman–Crippen MR) is 50.5 cm³/mol. The van der Waals surface area contributed by atoms with Crippen molar-refractivity contribution < 1.29 is 5.11 Å². The van der Waals surface area contributed by atoms with Crippen molar-refractivity contribution in [2.24, 2.45) is 0 Å². The molecular weight excluding hydrogens is 150 g/mol. The molecule has 0 spiro atoms. The van der Waals surface area contributed by atoms with E-state index >= 15 is 0 Å². The van der Waals surface area contributed by atoms with Crippen LogP contribution in [0.4, 0.5) is 0 Å². The van der Waals surface area contributed by atoms with Crippen molar-refractivity contribution in [2.75, 3.05) is 6.54 Å². The summed E-state index contributed by atoms with van der Waals surface area (Å²) in [5.41, 5.74) is 2.33. The van der Waals surface area contributed by atoms with Crippen LogP contribution in [0.3, 0.4) is 0 Å². The lowest BCUT2D eigenvalue weighted by Crippen LogP contribution is -2.33. The molecule has 0 aromatic carbocycles. The zero-order valence-corrected chi connectivity index (χ0v) is 8.04. The quantitative estimate of drug-likeness (QED) is 0.678. The molecule has 1 aliphatic heterocycles. The molecule has 0 bridgehead atoms. The molecule has 1 heterocycles. The number of hydrogen-bond donors (Lipinski definition) is 1.